The Morgan fingerprint density at radius 3 is 2.55 bits per heavy atom. The number of rotatable bonds is 6. The molecule has 3 aromatic rings. The number of aromatic nitrogens is 2. The van der Waals surface area contributed by atoms with Crippen LogP contribution in [0.3, 0.4) is 0 Å². The molecule has 0 radical (unpaired) electrons. The van der Waals surface area contributed by atoms with Gasteiger partial charge in [-0.1, -0.05) is 30.9 Å². The molecule has 2 aromatic carbocycles. The van der Waals surface area contributed by atoms with Gasteiger partial charge in [-0.15, -0.1) is 0 Å². The number of benzene rings is 2. The van der Waals surface area contributed by atoms with Gasteiger partial charge in [0.25, 0.3) is 0 Å². The molecule has 0 bridgehead atoms. The van der Waals surface area contributed by atoms with E-state index in [1.54, 1.807) is 6.08 Å². The second-order valence-electron chi connectivity index (χ2n) is 4.73. The maximum atomic E-state index is 5.46. The van der Waals surface area contributed by atoms with E-state index in [9.17, 15) is 0 Å². The first-order valence-electron chi connectivity index (χ1n) is 7.07. The van der Waals surface area contributed by atoms with Gasteiger partial charge in [-0.2, -0.15) is 5.10 Å². The molecule has 4 nitrogen and oxygen atoms in total. The van der Waals surface area contributed by atoms with E-state index in [-0.39, 0.29) is 0 Å². The van der Waals surface area contributed by atoms with Crippen molar-refractivity contribution < 1.29 is 4.74 Å². The van der Waals surface area contributed by atoms with Crippen LogP contribution in [0.25, 0.3) is 5.69 Å². The fraction of sp³-hybridized carbons (Fsp3) is 0.0556. The molecule has 1 heterocycles. The molecule has 1 aromatic heterocycles. The highest BCUT2D eigenvalue weighted by molar-refractivity contribution is 5.57. The van der Waals surface area contributed by atoms with E-state index in [1.165, 1.54) is 0 Å². The van der Waals surface area contributed by atoms with Crippen LogP contribution in [0.2, 0.25) is 0 Å². The third-order valence-electron chi connectivity index (χ3n) is 3.10. The summed E-state index contributed by atoms with van der Waals surface area (Å²) in [5.74, 6) is 1.61. The summed E-state index contributed by atoms with van der Waals surface area (Å²) in [5.41, 5.74) is 1.99. The lowest BCUT2D eigenvalue weighted by atomic mass is 10.3. The lowest BCUT2D eigenvalue weighted by molar-refractivity contribution is 0.363. The van der Waals surface area contributed by atoms with Crippen LogP contribution in [-0.2, 0) is 0 Å². The van der Waals surface area contributed by atoms with Crippen LogP contribution < -0.4 is 10.1 Å². The molecule has 4 heteroatoms. The van der Waals surface area contributed by atoms with Crippen LogP contribution in [0.15, 0.2) is 79.5 Å². The van der Waals surface area contributed by atoms with Crippen molar-refractivity contribution in [3.05, 3.63) is 79.5 Å². The summed E-state index contributed by atoms with van der Waals surface area (Å²) < 4.78 is 7.29. The Labute approximate surface area is 129 Å². The summed E-state index contributed by atoms with van der Waals surface area (Å²) >= 11 is 0. The Morgan fingerprint density at radius 1 is 1.05 bits per heavy atom. The number of hydrogen-bond acceptors (Lipinski definition) is 3. The first kappa shape index (κ1) is 13.9. The molecule has 0 atom stereocenters. The minimum absolute atomic E-state index is 0.508. The van der Waals surface area contributed by atoms with Crippen LogP contribution in [0.1, 0.15) is 0 Å². The zero-order chi connectivity index (χ0) is 15.2. The zero-order valence-electron chi connectivity index (χ0n) is 12.1. The molecule has 0 saturated carbocycles. The summed E-state index contributed by atoms with van der Waals surface area (Å²) in [7, 11) is 0. The van der Waals surface area contributed by atoms with E-state index in [0.29, 0.717) is 6.61 Å². The Morgan fingerprint density at radius 2 is 1.82 bits per heavy atom. The van der Waals surface area contributed by atoms with E-state index in [2.05, 4.69) is 17.0 Å². The highest BCUT2D eigenvalue weighted by Gasteiger charge is 2.01. The van der Waals surface area contributed by atoms with Crippen molar-refractivity contribution in [3.63, 3.8) is 0 Å². The number of nitrogens with one attached hydrogen (secondary N) is 1. The third kappa shape index (κ3) is 3.35. The first-order chi connectivity index (χ1) is 10.8. The molecule has 1 N–H and O–H groups in total. The molecule has 0 spiro atoms. The van der Waals surface area contributed by atoms with Crippen molar-refractivity contribution in [2.45, 2.75) is 0 Å². The van der Waals surface area contributed by atoms with Gasteiger partial charge < -0.3 is 10.1 Å². The molecule has 0 amide bonds. The average Bonchev–Trinajstić information content (AvgIpc) is 3.04. The summed E-state index contributed by atoms with van der Waals surface area (Å²) in [5, 5.41) is 7.78. The summed E-state index contributed by atoms with van der Waals surface area (Å²) in [6, 6.07) is 19.7. The maximum absolute atomic E-state index is 5.46. The van der Waals surface area contributed by atoms with Crippen LogP contribution in [-0.4, -0.2) is 16.4 Å². The minimum Gasteiger partial charge on any atom is -0.490 e. The van der Waals surface area contributed by atoms with Gasteiger partial charge in [0.15, 0.2) is 5.82 Å². The number of anilines is 2. The second-order valence-corrected chi connectivity index (χ2v) is 4.73. The van der Waals surface area contributed by atoms with Gasteiger partial charge >= 0.3 is 0 Å². The highest BCUT2D eigenvalue weighted by Crippen LogP contribution is 2.19. The average molecular weight is 291 g/mol. The SMILES string of the molecule is C=CCOc1ccc(Nc2ccn(-c3ccccc3)n2)cc1. The molecule has 0 aliphatic rings. The van der Waals surface area contributed by atoms with Gasteiger partial charge in [0.05, 0.1) is 5.69 Å². The Kier molecular flexibility index (Phi) is 4.20. The van der Waals surface area contributed by atoms with Crippen molar-refractivity contribution in [3.8, 4) is 11.4 Å². The lowest BCUT2D eigenvalue weighted by Crippen LogP contribution is -1.97. The molecule has 0 fully saturated rings. The second kappa shape index (κ2) is 6.63. The van der Waals surface area contributed by atoms with Gasteiger partial charge in [0, 0.05) is 18.0 Å². The van der Waals surface area contributed by atoms with Crippen LogP contribution in [0.4, 0.5) is 11.5 Å². The Hall–Kier alpha value is -3.01. The zero-order valence-corrected chi connectivity index (χ0v) is 12.1. The maximum Gasteiger partial charge on any atom is 0.152 e. The predicted molar refractivity (Wildman–Crippen MR) is 89.0 cm³/mol. The van der Waals surface area contributed by atoms with Crippen LogP contribution >= 0.6 is 0 Å². The predicted octanol–water partition coefficient (Wildman–Crippen LogP) is 4.18. The minimum atomic E-state index is 0.508. The summed E-state index contributed by atoms with van der Waals surface area (Å²) in [4.78, 5) is 0. The smallest absolute Gasteiger partial charge is 0.152 e. The summed E-state index contributed by atoms with van der Waals surface area (Å²) in [6.07, 6.45) is 3.65. The largest absolute Gasteiger partial charge is 0.490 e. The van der Waals surface area contributed by atoms with Gasteiger partial charge in [-0.05, 0) is 36.4 Å². The topological polar surface area (TPSA) is 39.1 Å². The number of nitrogens with zero attached hydrogens (tertiary/aromatic N) is 2. The molecule has 3 rings (SSSR count). The van der Waals surface area contributed by atoms with E-state index < -0.39 is 0 Å². The van der Waals surface area contributed by atoms with Crippen molar-refractivity contribution in [2.24, 2.45) is 0 Å². The fourth-order valence-corrected chi connectivity index (χ4v) is 2.05. The standard InChI is InChI=1S/C18H17N3O/c1-2-14-22-17-10-8-15(9-11-17)19-18-12-13-21(20-18)16-6-4-3-5-7-16/h2-13H,1,14H2,(H,19,20). The molecule has 0 aliphatic heterocycles. The fourth-order valence-electron chi connectivity index (χ4n) is 2.05. The molecule has 22 heavy (non-hydrogen) atoms. The monoisotopic (exact) mass is 291 g/mol. The van der Waals surface area contributed by atoms with E-state index in [4.69, 9.17) is 4.74 Å². The van der Waals surface area contributed by atoms with E-state index >= 15 is 0 Å². The van der Waals surface area contributed by atoms with Crippen molar-refractivity contribution in [1.82, 2.24) is 9.78 Å². The third-order valence-corrected chi connectivity index (χ3v) is 3.10. The molecule has 0 unspecified atom stereocenters. The number of hydrogen-bond donors (Lipinski definition) is 1. The molecular formula is C18H17N3O. The lowest BCUT2D eigenvalue weighted by Gasteiger charge is -2.06. The molecule has 0 aliphatic carbocycles. The molecular weight excluding hydrogens is 274 g/mol. The highest BCUT2D eigenvalue weighted by atomic mass is 16.5. The van der Waals surface area contributed by atoms with Crippen molar-refractivity contribution in [1.29, 1.82) is 0 Å². The quantitative estimate of drug-likeness (QED) is 0.692. The molecule has 0 saturated heterocycles. The van der Waals surface area contributed by atoms with Crippen molar-refractivity contribution in [2.75, 3.05) is 11.9 Å². The Bertz CT molecular complexity index is 733. The van der Waals surface area contributed by atoms with Gasteiger partial charge in [0.1, 0.15) is 12.4 Å². The number of para-hydroxylation sites is 1. The van der Waals surface area contributed by atoms with E-state index in [1.807, 2.05) is 71.5 Å². The van der Waals surface area contributed by atoms with Gasteiger partial charge in [-0.3, -0.25) is 0 Å². The van der Waals surface area contributed by atoms with Crippen molar-refractivity contribution >= 4 is 11.5 Å². The Balaban J connectivity index is 1.68. The van der Waals surface area contributed by atoms with Crippen LogP contribution in [0, 0.1) is 0 Å². The summed E-state index contributed by atoms with van der Waals surface area (Å²) in [6.45, 7) is 4.14. The normalized spacial score (nSPS) is 10.2. The number of ether oxygens (including phenoxy) is 1. The van der Waals surface area contributed by atoms with Gasteiger partial charge in [-0.25, -0.2) is 4.68 Å². The van der Waals surface area contributed by atoms with Crippen LogP contribution in [0.5, 0.6) is 5.75 Å². The first-order valence-corrected chi connectivity index (χ1v) is 7.07. The van der Waals surface area contributed by atoms with E-state index in [0.717, 1.165) is 22.9 Å². The van der Waals surface area contributed by atoms with Gasteiger partial charge in [0.2, 0.25) is 0 Å². The molecule has 110 valence electrons.